The van der Waals surface area contributed by atoms with Crippen LogP contribution in [0.5, 0.6) is 0 Å². The van der Waals surface area contributed by atoms with Crippen LogP contribution < -0.4 is 5.32 Å². The Labute approximate surface area is 140 Å². The second-order valence-corrected chi connectivity index (χ2v) is 6.08. The van der Waals surface area contributed by atoms with Gasteiger partial charge in [-0.1, -0.05) is 12.1 Å². The molecule has 6 nitrogen and oxygen atoms in total. The van der Waals surface area contributed by atoms with Gasteiger partial charge in [0.05, 0.1) is 6.33 Å². The second-order valence-electron chi connectivity index (χ2n) is 6.08. The van der Waals surface area contributed by atoms with Crippen LogP contribution in [-0.4, -0.2) is 25.0 Å². The average molecular weight is 321 g/mol. The maximum Gasteiger partial charge on any atom is 0.275 e. The molecule has 0 saturated heterocycles. The second kappa shape index (κ2) is 6.31. The Bertz CT molecular complexity index is 809. The van der Waals surface area contributed by atoms with Crippen molar-refractivity contribution >= 4 is 11.6 Å². The zero-order valence-corrected chi connectivity index (χ0v) is 13.4. The van der Waals surface area contributed by atoms with Crippen molar-refractivity contribution in [2.24, 2.45) is 0 Å². The maximum absolute atomic E-state index is 12.4. The molecular formula is C18H19N5O. The summed E-state index contributed by atoms with van der Waals surface area (Å²) in [6.07, 6.45) is 10.6. The summed E-state index contributed by atoms with van der Waals surface area (Å²) in [5, 5.41) is 2.92. The molecule has 1 aromatic carbocycles. The van der Waals surface area contributed by atoms with Crippen molar-refractivity contribution in [3.63, 3.8) is 0 Å². The third-order valence-corrected chi connectivity index (χ3v) is 4.28. The highest BCUT2D eigenvalue weighted by Crippen LogP contribution is 2.16. The summed E-state index contributed by atoms with van der Waals surface area (Å²) in [5.41, 5.74) is 2.43. The Kier molecular flexibility index (Phi) is 3.86. The lowest BCUT2D eigenvalue weighted by atomic mass is 10.2. The molecule has 6 heteroatoms. The molecule has 1 N–H and O–H groups in total. The van der Waals surface area contributed by atoms with Gasteiger partial charge >= 0.3 is 0 Å². The predicted octanol–water partition coefficient (Wildman–Crippen LogP) is 2.72. The van der Waals surface area contributed by atoms with Crippen molar-refractivity contribution in [1.29, 1.82) is 0 Å². The first-order valence-corrected chi connectivity index (χ1v) is 8.20. The van der Waals surface area contributed by atoms with Crippen LogP contribution in [0.2, 0.25) is 0 Å². The molecule has 3 aromatic rings. The van der Waals surface area contributed by atoms with Gasteiger partial charge in [0.25, 0.3) is 5.91 Å². The Hall–Kier alpha value is -2.89. The lowest BCUT2D eigenvalue weighted by Gasteiger charge is -2.11. The third kappa shape index (κ3) is 3.08. The zero-order valence-electron chi connectivity index (χ0n) is 13.4. The summed E-state index contributed by atoms with van der Waals surface area (Å²) in [5.74, 6) is 0.862. The number of benzene rings is 1. The van der Waals surface area contributed by atoms with Crippen LogP contribution in [0.15, 0.2) is 49.2 Å². The fourth-order valence-electron chi connectivity index (χ4n) is 3.00. The van der Waals surface area contributed by atoms with E-state index in [1.807, 2.05) is 41.2 Å². The van der Waals surface area contributed by atoms with Gasteiger partial charge in [-0.05, 0) is 30.5 Å². The Morgan fingerprint density at radius 2 is 2.08 bits per heavy atom. The summed E-state index contributed by atoms with van der Waals surface area (Å²) in [6, 6.07) is 7.85. The van der Waals surface area contributed by atoms with Crippen molar-refractivity contribution in [2.45, 2.75) is 32.4 Å². The van der Waals surface area contributed by atoms with Gasteiger partial charge in [0.15, 0.2) is 0 Å². The Morgan fingerprint density at radius 1 is 1.21 bits per heavy atom. The van der Waals surface area contributed by atoms with Crippen LogP contribution in [0, 0.1) is 0 Å². The molecule has 122 valence electrons. The van der Waals surface area contributed by atoms with E-state index >= 15 is 0 Å². The van der Waals surface area contributed by atoms with Crippen LogP contribution >= 0.6 is 0 Å². The van der Waals surface area contributed by atoms with Gasteiger partial charge in [-0.2, -0.15) is 0 Å². The molecule has 24 heavy (non-hydrogen) atoms. The molecule has 0 atom stereocenters. The monoisotopic (exact) mass is 321 g/mol. The van der Waals surface area contributed by atoms with Gasteiger partial charge in [0.1, 0.15) is 11.5 Å². The van der Waals surface area contributed by atoms with Crippen LogP contribution in [0.1, 0.15) is 34.7 Å². The highest BCUT2D eigenvalue weighted by molar-refractivity contribution is 6.02. The topological polar surface area (TPSA) is 64.7 Å². The van der Waals surface area contributed by atoms with E-state index in [1.54, 1.807) is 12.5 Å². The molecule has 0 fully saturated rings. The number of fused-ring (bicyclic) bond motifs is 1. The number of nitrogens with zero attached hydrogens (tertiary/aromatic N) is 4. The van der Waals surface area contributed by atoms with Crippen molar-refractivity contribution < 1.29 is 4.79 Å². The first kappa shape index (κ1) is 14.7. The fraction of sp³-hybridized carbons (Fsp3) is 0.278. The molecule has 0 spiro atoms. The molecule has 4 rings (SSSR count). The number of rotatable bonds is 4. The van der Waals surface area contributed by atoms with Gasteiger partial charge in [-0.15, -0.1) is 0 Å². The SMILES string of the molecule is O=C(Nc1ccc(Cn2ccnc2)cc1)c1cn2c(n1)CCCC2. The number of aromatic nitrogens is 4. The van der Waals surface area contributed by atoms with Gasteiger partial charge in [0.2, 0.25) is 0 Å². The summed E-state index contributed by atoms with van der Waals surface area (Å²) in [6.45, 7) is 1.72. The van der Waals surface area contributed by atoms with Gasteiger partial charge in [-0.25, -0.2) is 9.97 Å². The standard InChI is InChI=1S/C18H19N5O/c24-18(16-12-23-9-2-1-3-17(23)21-16)20-15-6-4-14(5-7-15)11-22-10-8-19-13-22/h4-8,10,12-13H,1-3,9,11H2,(H,20,24). The zero-order chi connectivity index (χ0) is 16.4. The van der Waals surface area contributed by atoms with E-state index in [-0.39, 0.29) is 5.91 Å². The normalized spacial score (nSPS) is 13.5. The molecule has 1 aliphatic heterocycles. The van der Waals surface area contributed by atoms with E-state index in [1.165, 1.54) is 0 Å². The maximum atomic E-state index is 12.4. The van der Waals surface area contributed by atoms with E-state index < -0.39 is 0 Å². The number of carbonyl (C=O) groups is 1. The molecule has 1 aliphatic rings. The lowest BCUT2D eigenvalue weighted by Crippen LogP contribution is -2.12. The molecule has 0 unspecified atom stereocenters. The van der Waals surface area contributed by atoms with Crippen molar-refractivity contribution in [1.82, 2.24) is 19.1 Å². The number of hydrogen-bond donors (Lipinski definition) is 1. The summed E-state index contributed by atoms with van der Waals surface area (Å²) in [7, 11) is 0. The van der Waals surface area contributed by atoms with E-state index in [4.69, 9.17) is 0 Å². The summed E-state index contributed by atoms with van der Waals surface area (Å²) < 4.78 is 4.09. The number of anilines is 1. The van der Waals surface area contributed by atoms with Crippen LogP contribution in [0.4, 0.5) is 5.69 Å². The molecule has 0 saturated carbocycles. The minimum atomic E-state index is -0.153. The number of amides is 1. The Morgan fingerprint density at radius 3 is 2.83 bits per heavy atom. The molecule has 0 aliphatic carbocycles. The molecule has 0 bridgehead atoms. The minimum Gasteiger partial charge on any atom is -0.334 e. The molecular weight excluding hydrogens is 302 g/mol. The smallest absolute Gasteiger partial charge is 0.275 e. The molecule has 3 heterocycles. The number of imidazole rings is 2. The van der Waals surface area contributed by atoms with Crippen LogP contribution in [-0.2, 0) is 19.5 Å². The first-order valence-electron chi connectivity index (χ1n) is 8.20. The van der Waals surface area contributed by atoms with Crippen molar-refractivity contribution in [2.75, 3.05) is 5.32 Å². The number of nitrogens with one attached hydrogen (secondary N) is 1. The largest absolute Gasteiger partial charge is 0.334 e. The lowest BCUT2D eigenvalue weighted by molar-refractivity contribution is 0.102. The number of hydrogen-bond acceptors (Lipinski definition) is 3. The highest BCUT2D eigenvalue weighted by Gasteiger charge is 2.16. The molecule has 1 amide bonds. The minimum absolute atomic E-state index is 0.153. The quantitative estimate of drug-likeness (QED) is 0.803. The third-order valence-electron chi connectivity index (χ3n) is 4.28. The summed E-state index contributed by atoms with van der Waals surface area (Å²) >= 11 is 0. The van der Waals surface area contributed by atoms with E-state index in [9.17, 15) is 4.79 Å². The predicted molar refractivity (Wildman–Crippen MR) is 90.9 cm³/mol. The van der Waals surface area contributed by atoms with Crippen molar-refractivity contribution in [3.8, 4) is 0 Å². The molecule has 2 aromatic heterocycles. The van der Waals surface area contributed by atoms with Crippen molar-refractivity contribution in [3.05, 3.63) is 66.3 Å². The van der Waals surface area contributed by atoms with E-state index in [0.717, 1.165) is 49.4 Å². The van der Waals surface area contributed by atoms with Gasteiger partial charge in [0, 0.05) is 43.8 Å². The van der Waals surface area contributed by atoms with Gasteiger partial charge < -0.3 is 14.5 Å². The average Bonchev–Trinajstić information content (AvgIpc) is 3.25. The van der Waals surface area contributed by atoms with E-state index in [0.29, 0.717) is 5.69 Å². The molecule has 0 radical (unpaired) electrons. The first-order chi connectivity index (χ1) is 11.8. The number of aryl methyl sites for hydroxylation is 2. The number of carbonyl (C=O) groups excluding carboxylic acids is 1. The van der Waals surface area contributed by atoms with Crippen LogP contribution in [0.3, 0.4) is 0 Å². The Balaban J connectivity index is 1.43. The van der Waals surface area contributed by atoms with Crippen LogP contribution in [0.25, 0.3) is 0 Å². The highest BCUT2D eigenvalue weighted by atomic mass is 16.1. The fourth-order valence-corrected chi connectivity index (χ4v) is 3.00. The summed E-state index contributed by atoms with van der Waals surface area (Å²) in [4.78, 5) is 20.9. The van der Waals surface area contributed by atoms with E-state index in [2.05, 4.69) is 19.9 Å². The van der Waals surface area contributed by atoms with Gasteiger partial charge in [-0.3, -0.25) is 4.79 Å².